The maximum atomic E-state index is 12.1. The van der Waals surface area contributed by atoms with Gasteiger partial charge in [-0.15, -0.1) is 0 Å². The second kappa shape index (κ2) is 7.79. The van der Waals surface area contributed by atoms with Gasteiger partial charge in [0.15, 0.2) is 0 Å². The standard InChI is InChI=1S/C21H24N2O/c1-21(2,3)18-9-4-16(5-10-18)8-13-20(24)23-19-11-6-17(7-12-19)14-15-22/h4-7,9-12H,8,13-14H2,1-3H3,(H,23,24). The second-order valence-electron chi connectivity index (χ2n) is 7.03. The molecule has 3 heteroatoms. The topological polar surface area (TPSA) is 52.9 Å². The van der Waals surface area contributed by atoms with Gasteiger partial charge in [0.2, 0.25) is 5.91 Å². The van der Waals surface area contributed by atoms with Crippen molar-refractivity contribution in [3.63, 3.8) is 0 Å². The Morgan fingerprint density at radius 1 is 1.00 bits per heavy atom. The predicted molar refractivity (Wildman–Crippen MR) is 97.9 cm³/mol. The molecule has 3 nitrogen and oxygen atoms in total. The first-order valence-electron chi connectivity index (χ1n) is 8.23. The molecule has 0 unspecified atom stereocenters. The van der Waals surface area contributed by atoms with E-state index >= 15 is 0 Å². The zero-order chi connectivity index (χ0) is 17.6. The lowest BCUT2D eigenvalue weighted by Crippen LogP contribution is -2.13. The van der Waals surface area contributed by atoms with Crippen LogP contribution in [0.4, 0.5) is 5.69 Å². The number of carbonyl (C=O) groups is 1. The van der Waals surface area contributed by atoms with Crippen LogP contribution in [0.3, 0.4) is 0 Å². The van der Waals surface area contributed by atoms with E-state index < -0.39 is 0 Å². The summed E-state index contributed by atoms with van der Waals surface area (Å²) in [6, 6.07) is 18.0. The van der Waals surface area contributed by atoms with Crippen LogP contribution in [0.25, 0.3) is 0 Å². The summed E-state index contributed by atoms with van der Waals surface area (Å²) in [5, 5.41) is 11.5. The number of carbonyl (C=O) groups excluding carboxylic acids is 1. The maximum Gasteiger partial charge on any atom is 0.224 e. The number of nitriles is 1. The number of amides is 1. The molecule has 0 aliphatic heterocycles. The number of nitrogens with one attached hydrogen (secondary N) is 1. The molecule has 2 rings (SSSR count). The molecule has 0 aliphatic rings. The van der Waals surface area contributed by atoms with E-state index in [1.807, 2.05) is 24.3 Å². The first-order valence-corrected chi connectivity index (χ1v) is 8.23. The average Bonchev–Trinajstić information content (AvgIpc) is 2.55. The van der Waals surface area contributed by atoms with Crippen molar-refractivity contribution in [3.05, 3.63) is 65.2 Å². The highest BCUT2D eigenvalue weighted by Gasteiger charge is 2.13. The zero-order valence-corrected chi connectivity index (χ0v) is 14.6. The minimum absolute atomic E-state index is 0.00271. The molecule has 1 amide bonds. The molecule has 0 saturated heterocycles. The minimum atomic E-state index is 0.00271. The van der Waals surface area contributed by atoms with Crippen molar-refractivity contribution < 1.29 is 4.79 Å². The number of rotatable bonds is 5. The number of anilines is 1. The molecule has 124 valence electrons. The van der Waals surface area contributed by atoms with Crippen molar-refractivity contribution in [1.29, 1.82) is 5.26 Å². The molecule has 24 heavy (non-hydrogen) atoms. The number of hydrogen-bond acceptors (Lipinski definition) is 2. The quantitative estimate of drug-likeness (QED) is 0.874. The molecule has 2 aromatic rings. The fourth-order valence-electron chi connectivity index (χ4n) is 2.45. The van der Waals surface area contributed by atoms with Crippen LogP contribution in [0, 0.1) is 11.3 Å². The summed E-state index contributed by atoms with van der Waals surface area (Å²) in [6.07, 6.45) is 1.57. The minimum Gasteiger partial charge on any atom is -0.326 e. The van der Waals surface area contributed by atoms with E-state index in [1.54, 1.807) is 0 Å². The third-order valence-corrected chi connectivity index (χ3v) is 3.98. The number of nitrogens with zero attached hydrogens (tertiary/aromatic N) is 1. The smallest absolute Gasteiger partial charge is 0.224 e. The van der Waals surface area contributed by atoms with Gasteiger partial charge in [0.1, 0.15) is 0 Å². The van der Waals surface area contributed by atoms with Gasteiger partial charge in [-0.2, -0.15) is 5.26 Å². The molecule has 1 N–H and O–H groups in total. The number of aryl methyl sites for hydroxylation is 1. The van der Waals surface area contributed by atoms with Gasteiger partial charge in [0, 0.05) is 12.1 Å². The van der Waals surface area contributed by atoms with E-state index in [9.17, 15) is 4.79 Å². The first-order chi connectivity index (χ1) is 11.4. The summed E-state index contributed by atoms with van der Waals surface area (Å²) in [4.78, 5) is 12.1. The van der Waals surface area contributed by atoms with Gasteiger partial charge in [0.05, 0.1) is 12.5 Å². The van der Waals surface area contributed by atoms with Crippen LogP contribution in [-0.4, -0.2) is 5.91 Å². The summed E-state index contributed by atoms with van der Waals surface area (Å²) in [6.45, 7) is 6.58. The molecule has 0 atom stereocenters. The van der Waals surface area contributed by atoms with E-state index in [0.717, 1.165) is 17.7 Å². The Morgan fingerprint density at radius 3 is 2.12 bits per heavy atom. The third kappa shape index (κ3) is 5.24. The molecule has 0 saturated carbocycles. The second-order valence-corrected chi connectivity index (χ2v) is 7.03. The largest absolute Gasteiger partial charge is 0.326 e. The van der Waals surface area contributed by atoms with Crippen LogP contribution in [0.15, 0.2) is 48.5 Å². The van der Waals surface area contributed by atoms with Crippen molar-refractivity contribution in [3.8, 4) is 6.07 Å². The molecule has 0 aromatic heterocycles. The lowest BCUT2D eigenvalue weighted by Gasteiger charge is -2.19. The predicted octanol–water partition coefficient (Wildman–Crippen LogP) is 4.62. The van der Waals surface area contributed by atoms with E-state index in [0.29, 0.717) is 12.8 Å². The Balaban J connectivity index is 1.85. The summed E-state index contributed by atoms with van der Waals surface area (Å²) in [5.41, 5.74) is 4.34. The third-order valence-electron chi connectivity index (χ3n) is 3.98. The Kier molecular flexibility index (Phi) is 5.76. The van der Waals surface area contributed by atoms with Crippen molar-refractivity contribution in [1.82, 2.24) is 0 Å². The van der Waals surface area contributed by atoms with E-state index in [2.05, 4.69) is 56.4 Å². The average molecular weight is 320 g/mol. The van der Waals surface area contributed by atoms with Crippen molar-refractivity contribution in [2.24, 2.45) is 0 Å². The van der Waals surface area contributed by atoms with Crippen LogP contribution in [0.5, 0.6) is 0 Å². The van der Waals surface area contributed by atoms with Gasteiger partial charge in [-0.3, -0.25) is 4.79 Å². The maximum absolute atomic E-state index is 12.1. The fourth-order valence-corrected chi connectivity index (χ4v) is 2.45. The van der Waals surface area contributed by atoms with Crippen LogP contribution in [0.1, 0.15) is 43.9 Å². The van der Waals surface area contributed by atoms with E-state index in [4.69, 9.17) is 5.26 Å². The normalized spacial score (nSPS) is 10.9. The van der Waals surface area contributed by atoms with Gasteiger partial charge in [-0.25, -0.2) is 0 Å². The SMILES string of the molecule is CC(C)(C)c1ccc(CCC(=O)Nc2ccc(CC#N)cc2)cc1. The lowest BCUT2D eigenvalue weighted by molar-refractivity contribution is -0.116. The van der Waals surface area contributed by atoms with Gasteiger partial charge in [-0.1, -0.05) is 57.2 Å². The van der Waals surface area contributed by atoms with Crippen LogP contribution < -0.4 is 5.32 Å². The van der Waals surface area contributed by atoms with Crippen LogP contribution >= 0.6 is 0 Å². The Hall–Kier alpha value is -2.60. The van der Waals surface area contributed by atoms with Crippen molar-refractivity contribution in [2.45, 2.75) is 45.4 Å². The molecule has 0 radical (unpaired) electrons. The molecule has 0 bridgehead atoms. The molecular weight excluding hydrogens is 296 g/mol. The highest BCUT2D eigenvalue weighted by molar-refractivity contribution is 5.90. The fraction of sp³-hybridized carbons (Fsp3) is 0.333. The first kappa shape index (κ1) is 17.7. The van der Waals surface area contributed by atoms with E-state index in [-0.39, 0.29) is 11.3 Å². The van der Waals surface area contributed by atoms with Crippen LogP contribution in [-0.2, 0) is 23.1 Å². The number of benzene rings is 2. The highest BCUT2D eigenvalue weighted by Crippen LogP contribution is 2.22. The number of hydrogen-bond donors (Lipinski definition) is 1. The molecule has 0 heterocycles. The van der Waals surface area contributed by atoms with Crippen LogP contribution in [0.2, 0.25) is 0 Å². The monoisotopic (exact) mass is 320 g/mol. The van der Waals surface area contributed by atoms with Gasteiger partial charge < -0.3 is 5.32 Å². The lowest BCUT2D eigenvalue weighted by atomic mass is 9.86. The molecule has 0 aliphatic carbocycles. The van der Waals surface area contributed by atoms with Gasteiger partial charge >= 0.3 is 0 Å². The Bertz CT molecular complexity index is 716. The summed E-state index contributed by atoms with van der Waals surface area (Å²) < 4.78 is 0. The molecule has 2 aromatic carbocycles. The van der Waals surface area contributed by atoms with Crippen molar-refractivity contribution in [2.75, 3.05) is 5.32 Å². The van der Waals surface area contributed by atoms with E-state index in [1.165, 1.54) is 11.1 Å². The van der Waals surface area contributed by atoms with Gasteiger partial charge in [0.25, 0.3) is 0 Å². The molecule has 0 spiro atoms. The Labute approximate surface area is 144 Å². The summed E-state index contributed by atoms with van der Waals surface area (Å²) in [5.74, 6) is 0.00271. The Morgan fingerprint density at radius 2 is 1.58 bits per heavy atom. The molecular formula is C21H24N2O. The molecule has 0 fully saturated rings. The summed E-state index contributed by atoms with van der Waals surface area (Å²) >= 11 is 0. The zero-order valence-electron chi connectivity index (χ0n) is 14.6. The van der Waals surface area contributed by atoms with Gasteiger partial charge in [-0.05, 0) is 40.7 Å². The highest BCUT2D eigenvalue weighted by atomic mass is 16.1. The summed E-state index contributed by atoms with van der Waals surface area (Å²) in [7, 11) is 0. The van der Waals surface area contributed by atoms with Crippen molar-refractivity contribution >= 4 is 11.6 Å².